The molecule has 1 atom stereocenters. The van der Waals surface area contributed by atoms with Gasteiger partial charge in [-0.1, -0.05) is 50.2 Å². The second kappa shape index (κ2) is 8.46. The number of nitrogens with zero attached hydrogens (tertiary/aromatic N) is 1. The summed E-state index contributed by atoms with van der Waals surface area (Å²) in [6.45, 7) is 5.82. The van der Waals surface area contributed by atoms with Gasteiger partial charge in [-0.05, 0) is 47.7 Å². The molecule has 3 aromatic rings. The Morgan fingerprint density at radius 2 is 1.84 bits per heavy atom. The van der Waals surface area contributed by atoms with Gasteiger partial charge in [-0.25, -0.2) is 4.39 Å². The zero-order valence-corrected chi connectivity index (χ0v) is 18.1. The van der Waals surface area contributed by atoms with Crippen molar-refractivity contribution in [3.63, 3.8) is 0 Å². The molecule has 1 aliphatic rings. The number of hydrogen-bond acceptors (Lipinski definition) is 4. The number of aliphatic hydroxyl groups excluding tert-OH is 1. The maximum atomic E-state index is 14.2. The van der Waals surface area contributed by atoms with Crippen LogP contribution in [0.25, 0.3) is 5.76 Å². The standard InChI is InChI=1S/C26H24FNO4/c1-15(2)17-8-10-18(11-9-17)23-22(24(29)19-7-6-16(3)21(27)13-19)25(30)26(31)28(23)14-20-5-4-12-32-20/h4-13,15,23,29H,14H2,1-3H3/t23-/m0/s1. The van der Waals surface area contributed by atoms with E-state index in [-0.39, 0.29) is 17.7 Å². The topological polar surface area (TPSA) is 70.8 Å². The smallest absolute Gasteiger partial charge is 0.296 e. The first-order valence-corrected chi connectivity index (χ1v) is 10.4. The lowest BCUT2D eigenvalue weighted by Crippen LogP contribution is -2.29. The first-order chi connectivity index (χ1) is 15.3. The van der Waals surface area contributed by atoms with Crippen molar-refractivity contribution in [2.24, 2.45) is 0 Å². The van der Waals surface area contributed by atoms with E-state index in [2.05, 4.69) is 13.8 Å². The minimum Gasteiger partial charge on any atom is -0.507 e. The molecule has 1 aliphatic heterocycles. The van der Waals surface area contributed by atoms with Crippen molar-refractivity contribution in [2.45, 2.75) is 39.3 Å². The largest absolute Gasteiger partial charge is 0.507 e. The Morgan fingerprint density at radius 3 is 2.44 bits per heavy atom. The van der Waals surface area contributed by atoms with Crippen LogP contribution in [0.15, 0.2) is 70.9 Å². The summed E-state index contributed by atoms with van der Waals surface area (Å²) in [7, 11) is 0. The first-order valence-electron chi connectivity index (χ1n) is 10.4. The monoisotopic (exact) mass is 433 g/mol. The van der Waals surface area contributed by atoms with Crippen LogP contribution in [0.1, 0.15) is 53.8 Å². The van der Waals surface area contributed by atoms with Crippen LogP contribution in [0.3, 0.4) is 0 Å². The van der Waals surface area contributed by atoms with Crippen molar-refractivity contribution >= 4 is 17.4 Å². The molecule has 32 heavy (non-hydrogen) atoms. The second-order valence-corrected chi connectivity index (χ2v) is 8.29. The number of hydrogen-bond donors (Lipinski definition) is 1. The Morgan fingerprint density at radius 1 is 1.12 bits per heavy atom. The Bertz CT molecular complexity index is 1190. The lowest BCUT2D eigenvalue weighted by atomic mass is 9.93. The van der Waals surface area contributed by atoms with Crippen LogP contribution in [0.4, 0.5) is 4.39 Å². The number of likely N-dealkylation sites (tertiary alicyclic amines) is 1. The predicted octanol–water partition coefficient (Wildman–Crippen LogP) is 5.47. The normalized spacial score (nSPS) is 18.0. The minimum absolute atomic E-state index is 0.0627. The molecule has 0 saturated carbocycles. The molecule has 0 unspecified atom stereocenters. The van der Waals surface area contributed by atoms with Gasteiger partial charge in [0, 0.05) is 5.56 Å². The number of furan rings is 1. The number of rotatable bonds is 5. The Balaban J connectivity index is 1.86. The van der Waals surface area contributed by atoms with E-state index in [4.69, 9.17) is 4.42 Å². The van der Waals surface area contributed by atoms with E-state index in [1.165, 1.54) is 29.4 Å². The highest BCUT2D eigenvalue weighted by atomic mass is 19.1. The van der Waals surface area contributed by atoms with E-state index in [0.717, 1.165) is 5.56 Å². The van der Waals surface area contributed by atoms with Crippen molar-refractivity contribution in [3.8, 4) is 0 Å². The molecule has 2 heterocycles. The zero-order valence-electron chi connectivity index (χ0n) is 18.1. The van der Waals surface area contributed by atoms with Gasteiger partial charge < -0.3 is 14.4 Å². The van der Waals surface area contributed by atoms with Crippen LogP contribution in [0.5, 0.6) is 0 Å². The SMILES string of the molecule is Cc1ccc(C(O)=C2C(=O)C(=O)N(Cc3ccco3)[C@H]2c2ccc(C(C)C)cc2)cc1F. The Hall–Kier alpha value is -3.67. The van der Waals surface area contributed by atoms with Gasteiger partial charge in [-0.3, -0.25) is 9.59 Å². The number of aliphatic hydroxyl groups is 1. The molecule has 1 saturated heterocycles. The van der Waals surface area contributed by atoms with Gasteiger partial charge in [0.15, 0.2) is 0 Å². The van der Waals surface area contributed by atoms with Crippen molar-refractivity contribution in [1.29, 1.82) is 0 Å². The second-order valence-electron chi connectivity index (χ2n) is 8.29. The number of carbonyl (C=O) groups is 2. The minimum atomic E-state index is -0.828. The molecule has 164 valence electrons. The average Bonchev–Trinajstić information content (AvgIpc) is 3.37. The molecule has 1 N–H and O–H groups in total. The summed E-state index contributed by atoms with van der Waals surface area (Å²) in [5, 5.41) is 11.0. The molecule has 0 bridgehead atoms. The van der Waals surface area contributed by atoms with Crippen LogP contribution in [0.2, 0.25) is 0 Å². The summed E-state index contributed by atoms with van der Waals surface area (Å²) in [5.41, 5.74) is 2.28. The highest BCUT2D eigenvalue weighted by Crippen LogP contribution is 2.40. The van der Waals surface area contributed by atoms with Gasteiger partial charge in [-0.2, -0.15) is 0 Å². The number of amides is 1. The van der Waals surface area contributed by atoms with Crippen LogP contribution in [0, 0.1) is 12.7 Å². The highest BCUT2D eigenvalue weighted by molar-refractivity contribution is 6.46. The fourth-order valence-corrected chi connectivity index (χ4v) is 3.92. The Kier molecular flexibility index (Phi) is 5.70. The summed E-state index contributed by atoms with van der Waals surface area (Å²) in [4.78, 5) is 27.4. The van der Waals surface area contributed by atoms with Gasteiger partial charge in [0.05, 0.1) is 24.4 Å². The molecule has 5 nitrogen and oxygen atoms in total. The maximum Gasteiger partial charge on any atom is 0.296 e. The summed E-state index contributed by atoms with van der Waals surface area (Å²) in [5.74, 6) is -1.63. The fraction of sp³-hybridized carbons (Fsp3) is 0.231. The van der Waals surface area contributed by atoms with E-state index in [9.17, 15) is 19.1 Å². The number of benzene rings is 2. The molecule has 4 rings (SSSR count). The summed E-state index contributed by atoms with van der Waals surface area (Å²) < 4.78 is 19.6. The number of Topliss-reactive ketones (excluding diaryl/α,β-unsaturated/α-hetero) is 1. The van der Waals surface area contributed by atoms with Gasteiger partial charge in [-0.15, -0.1) is 0 Å². The summed E-state index contributed by atoms with van der Waals surface area (Å²) >= 11 is 0. The zero-order chi connectivity index (χ0) is 23.0. The third kappa shape index (κ3) is 3.84. The predicted molar refractivity (Wildman–Crippen MR) is 118 cm³/mol. The third-order valence-electron chi connectivity index (χ3n) is 5.81. The van der Waals surface area contributed by atoms with Crippen LogP contribution < -0.4 is 0 Å². The molecular weight excluding hydrogens is 409 g/mol. The molecule has 0 spiro atoms. The van der Waals surface area contributed by atoms with E-state index >= 15 is 0 Å². The molecule has 1 fully saturated rings. The molecule has 2 aromatic carbocycles. The lowest BCUT2D eigenvalue weighted by Gasteiger charge is -2.25. The molecule has 6 heteroatoms. The van der Waals surface area contributed by atoms with Crippen molar-refractivity contribution < 1.29 is 23.5 Å². The van der Waals surface area contributed by atoms with E-state index in [0.29, 0.717) is 22.8 Å². The highest BCUT2D eigenvalue weighted by Gasteiger charge is 2.46. The van der Waals surface area contributed by atoms with Crippen LogP contribution in [-0.4, -0.2) is 21.7 Å². The maximum absolute atomic E-state index is 14.2. The van der Waals surface area contributed by atoms with Gasteiger partial charge in [0.1, 0.15) is 17.3 Å². The fourth-order valence-electron chi connectivity index (χ4n) is 3.92. The number of aryl methyl sites for hydroxylation is 1. The molecule has 0 radical (unpaired) electrons. The van der Waals surface area contributed by atoms with E-state index in [1.807, 2.05) is 24.3 Å². The van der Waals surface area contributed by atoms with E-state index < -0.39 is 29.3 Å². The van der Waals surface area contributed by atoms with Crippen molar-refractivity contribution in [2.75, 3.05) is 0 Å². The van der Waals surface area contributed by atoms with E-state index in [1.54, 1.807) is 19.1 Å². The first kappa shape index (κ1) is 21.6. The van der Waals surface area contributed by atoms with Crippen LogP contribution >= 0.6 is 0 Å². The summed E-state index contributed by atoms with van der Waals surface area (Å²) in [6, 6.07) is 14.4. The molecule has 1 aromatic heterocycles. The van der Waals surface area contributed by atoms with Crippen molar-refractivity contribution in [1.82, 2.24) is 4.90 Å². The summed E-state index contributed by atoms with van der Waals surface area (Å²) in [6.07, 6.45) is 1.49. The molecule has 0 aliphatic carbocycles. The quantitative estimate of drug-likeness (QED) is 0.329. The lowest BCUT2D eigenvalue weighted by molar-refractivity contribution is -0.140. The third-order valence-corrected chi connectivity index (χ3v) is 5.81. The van der Waals surface area contributed by atoms with Gasteiger partial charge >= 0.3 is 0 Å². The number of halogens is 1. The van der Waals surface area contributed by atoms with Crippen LogP contribution in [-0.2, 0) is 16.1 Å². The number of carbonyl (C=O) groups excluding carboxylic acids is 2. The van der Waals surface area contributed by atoms with Crippen molar-refractivity contribution in [3.05, 3.63) is 100 Å². The Labute approximate surface area is 185 Å². The van der Waals surface area contributed by atoms with Gasteiger partial charge in [0.2, 0.25) is 0 Å². The average molecular weight is 433 g/mol. The van der Waals surface area contributed by atoms with Gasteiger partial charge in [0.25, 0.3) is 11.7 Å². The molecular formula is C26H24FNO4. The molecule has 1 amide bonds. The number of ketones is 1.